The summed E-state index contributed by atoms with van der Waals surface area (Å²) >= 11 is 0. The van der Waals surface area contributed by atoms with Crippen LogP contribution in [0, 0.1) is 0 Å². The molecular formula is C20H20ClF3N4O. The van der Waals surface area contributed by atoms with Gasteiger partial charge in [-0.3, -0.25) is 0 Å². The number of alkyl halides is 3. The molecule has 29 heavy (non-hydrogen) atoms. The molecule has 0 spiro atoms. The van der Waals surface area contributed by atoms with Crippen LogP contribution < -0.4 is 10.6 Å². The Balaban J connectivity index is 0.00000240. The van der Waals surface area contributed by atoms with E-state index in [1.807, 2.05) is 24.3 Å². The Morgan fingerprint density at radius 3 is 2.34 bits per heavy atom. The van der Waals surface area contributed by atoms with Crippen LogP contribution in [0.1, 0.15) is 12.0 Å². The van der Waals surface area contributed by atoms with E-state index in [2.05, 4.69) is 20.8 Å². The number of nitrogens with zero attached hydrogens (tertiary/aromatic N) is 2. The van der Waals surface area contributed by atoms with E-state index in [1.165, 1.54) is 12.1 Å². The molecule has 5 nitrogen and oxygen atoms in total. The van der Waals surface area contributed by atoms with E-state index >= 15 is 0 Å². The fourth-order valence-electron chi connectivity index (χ4n) is 3.50. The molecule has 9 heteroatoms. The van der Waals surface area contributed by atoms with Gasteiger partial charge in [0, 0.05) is 35.0 Å². The number of rotatable bonds is 4. The Hall–Kier alpha value is -2.42. The van der Waals surface area contributed by atoms with Crippen LogP contribution in [-0.2, 0) is 6.18 Å². The molecular weight excluding hydrogens is 405 g/mol. The third-order valence-electron chi connectivity index (χ3n) is 4.96. The highest BCUT2D eigenvalue weighted by molar-refractivity contribution is 6.00. The van der Waals surface area contributed by atoms with Crippen molar-refractivity contribution in [2.45, 2.75) is 24.7 Å². The van der Waals surface area contributed by atoms with Crippen molar-refractivity contribution < 1.29 is 18.3 Å². The van der Waals surface area contributed by atoms with Crippen LogP contribution in [0.25, 0.3) is 22.0 Å². The lowest BCUT2D eigenvalue weighted by molar-refractivity contribution is -0.137. The second kappa shape index (κ2) is 8.52. The summed E-state index contributed by atoms with van der Waals surface area (Å²) in [6, 6.07) is 12.6. The lowest BCUT2D eigenvalue weighted by atomic mass is 10.0. The molecule has 3 aromatic rings. The van der Waals surface area contributed by atoms with Gasteiger partial charge in [0.05, 0.1) is 12.2 Å². The largest absolute Gasteiger partial charge is 0.416 e. The maximum Gasteiger partial charge on any atom is 0.416 e. The van der Waals surface area contributed by atoms with Crippen LogP contribution >= 0.6 is 12.4 Å². The first-order valence-corrected chi connectivity index (χ1v) is 8.99. The van der Waals surface area contributed by atoms with Gasteiger partial charge in [0.1, 0.15) is 5.69 Å². The van der Waals surface area contributed by atoms with Gasteiger partial charge in [-0.05, 0) is 18.6 Å². The Morgan fingerprint density at radius 1 is 1.03 bits per heavy atom. The number of fused-ring (bicyclic) bond motifs is 1. The fourth-order valence-corrected chi connectivity index (χ4v) is 3.50. The molecule has 4 rings (SSSR count). The third-order valence-corrected chi connectivity index (χ3v) is 4.96. The highest BCUT2D eigenvalue weighted by Crippen LogP contribution is 2.33. The Bertz CT molecular complexity index is 982. The first-order chi connectivity index (χ1) is 13.5. The molecule has 0 amide bonds. The Kier molecular flexibility index (Phi) is 6.26. The summed E-state index contributed by atoms with van der Waals surface area (Å²) in [7, 11) is 0. The number of nitrogens with one attached hydrogen (secondary N) is 2. The zero-order chi connectivity index (χ0) is 19.7. The molecule has 2 heterocycles. The summed E-state index contributed by atoms with van der Waals surface area (Å²) < 4.78 is 38.5. The minimum Gasteiger partial charge on any atom is -0.395 e. The molecule has 0 radical (unpaired) electrons. The number of halogens is 4. The van der Waals surface area contributed by atoms with Crippen LogP contribution in [0.15, 0.2) is 48.5 Å². The fraction of sp³-hybridized carbons (Fsp3) is 0.300. The van der Waals surface area contributed by atoms with Crippen molar-refractivity contribution in [1.82, 2.24) is 15.5 Å². The molecule has 1 saturated heterocycles. The molecule has 0 unspecified atom stereocenters. The van der Waals surface area contributed by atoms with E-state index in [4.69, 9.17) is 0 Å². The van der Waals surface area contributed by atoms with Gasteiger partial charge in [0.2, 0.25) is 0 Å². The minimum atomic E-state index is -4.37. The lowest BCUT2D eigenvalue weighted by Gasteiger charge is -2.15. The summed E-state index contributed by atoms with van der Waals surface area (Å²) in [6.45, 7) is 0.791. The summed E-state index contributed by atoms with van der Waals surface area (Å²) in [6.07, 6.45) is -3.60. The van der Waals surface area contributed by atoms with Gasteiger partial charge in [0.15, 0.2) is 5.82 Å². The Morgan fingerprint density at radius 2 is 1.72 bits per heavy atom. The van der Waals surface area contributed by atoms with Gasteiger partial charge in [0.25, 0.3) is 0 Å². The van der Waals surface area contributed by atoms with Crippen molar-refractivity contribution >= 4 is 29.0 Å². The predicted molar refractivity (Wildman–Crippen MR) is 108 cm³/mol. The van der Waals surface area contributed by atoms with Gasteiger partial charge < -0.3 is 15.7 Å². The van der Waals surface area contributed by atoms with Crippen LogP contribution in [0.2, 0.25) is 0 Å². The molecule has 0 saturated carbocycles. The third kappa shape index (κ3) is 4.44. The Labute approximate surface area is 171 Å². The molecule has 2 atom stereocenters. The maximum absolute atomic E-state index is 12.8. The van der Waals surface area contributed by atoms with Crippen LogP contribution in [0.3, 0.4) is 0 Å². The van der Waals surface area contributed by atoms with Crippen molar-refractivity contribution in [2.24, 2.45) is 0 Å². The quantitative estimate of drug-likeness (QED) is 0.593. The summed E-state index contributed by atoms with van der Waals surface area (Å²) in [5.74, 6) is 0.622. The van der Waals surface area contributed by atoms with Gasteiger partial charge in [-0.1, -0.05) is 36.4 Å². The van der Waals surface area contributed by atoms with Crippen molar-refractivity contribution in [3.05, 3.63) is 54.1 Å². The highest BCUT2D eigenvalue weighted by Gasteiger charge is 2.30. The SMILES string of the molecule is Cl.OC[C@@H]1C[C@H](Nc2nnc(-c3ccc(C(F)(F)F)cc3)c3ccccc23)CN1. The van der Waals surface area contributed by atoms with Crippen molar-refractivity contribution in [3.8, 4) is 11.3 Å². The molecule has 0 aliphatic carbocycles. The van der Waals surface area contributed by atoms with E-state index < -0.39 is 11.7 Å². The van der Waals surface area contributed by atoms with Crippen molar-refractivity contribution in [1.29, 1.82) is 0 Å². The number of hydrogen-bond acceptors (Lipinski definition) is 5. The van der Waals surface area contributed by atoms with Crippen molar-refractivity contribution in [3.63, 3.8) is 0 Å². The number of anilines is 1. The summed E-state index contributed by atoms with van der Waals surface area (Å²) in [5.41, 5.74) is 0.415. The maximum atomic E-state index is 12.8. The van der Waals surface area contributed by atoms with Crippen LogP contribution in [0.5, 0.6) is 0 Å². The molecule has 1 fully saturated rings. The number of hydrogen-bond donors (Lipinski definition) is 3. The monoisotopic (exact) mass is 424 g/mol. The van der Waals surface area contributed by atoms with Gasteiger partial charge in [-0.2, -0.15) is 13.2 Å². The molecule has 1 aromatic heterocycles. The summed E-state index contributed by atoms with van der Waals surface area (Å²) in [4.78, 5) is 0. The van der Waals surface area contributed by atoms with Crippen LogP contribution in [-0.4, -0.2) is 40.5 Å². The molecule has 1 aliphatic heterocycles. The van der Waals surface area contributed by atoms with E-state index in [1.54, 1.807) is 0 Å². The first kappa shape index (κ1) is 21.3. The standard InChI is InChI=1S/C20H19F3N4O.ClH/c21-20(22,23)13-7-5-12(6-8-13)18-16-3-1-2-4-17(16)19(27-26-18)25-14-9-15(11-28)24-10-14;/h1-8,14-15,24,28H,9-11H2,(H,25,27);1H/t14-,15-;/m0./s1. The predicted octanol–water partition coefficient (Wildman–Crippen LogP) is 3.87. The molecule has 0 bridgehead atoms. The van der Waals surface area contributed by atoms with E-state index in [0.29, 0.717) is 23.6 Å². The van der Waals surface area contributed by atoms with Crippen LogP contribution in [0.4, 0.5) is 19.0 Å². The number of benzene rings is 2. The van der Waals surface area contributed by atoms with Gasteiger partial charge in [-0.15, -0.1) is 22.6 Å². The first-order valence-electron chi connectivity index (χ1n) is 8.99. The highest BCUT2D eigenvalue weighted by atomic mass is 35.5. The number of aromatic nitrogens is 2. The molecule has 154 valence electrons. The second-order valence-corrected chi connectivity index (χ2v) is 6.88. The van der Waals surface area contributed by atoms with Gasteiger partial charge in [-0.25, -0.2) is 0 Å². The van der Waals surface area contributed by atoms with Crippen molar-refractivity contribution in [2.75, 3.05) is 18.5 Å². The average molecular weight is 425 g/mol. The van der Waals surface area contributed by atoms with E-state index in [0.717, 1.165) is 29.3 Å². The number of aliphatic hydroxyl groups is 1. The molecule has 3 N–H and O–H groups in total. The normalized spacial score (nSPS) is 19.2. The topological polar surface area (TPSA) is 70.1 Å². The second-order valence-electron chi connectivity index (χ2n) is 6.88. The lowest BCUT2D eigenvalue weighted by Crippen LogP contribution is -2.25. The molecule has 2 aromatic carbocycles. The molecule has 1 aliphatic rings. The average Bonchev–Trinajstić information content (AvgIpc) is 3.15. The van der Waals surface area contributed by atoms with E-state index in [9.17, 15) is 18.3 Å². The zero-order valence-corrected chi connectivity index (χ0v) is 16.1. The van der Waals surface area contributed by atoms with E-state index in [-0.39, 0.29) is 31.1 Å². The van der Waals surface area contributed by atoms with Gasteiger partial charge >= 0.3 is 6.18 Å². The zero-order valence-electron chi connectivity index (χ0n) is 15.3. The smallest absolute Gasteiger partial charge is 0.395 e. The minimum absolute atomic E-state index is 0. The summed E-state index contributed by atoms with van der Waals surface area (Å²) in [5, 5.41) is 26.1. The number of aliphatic hydroxyl groups excluding tert-OH is 1.